The minimum Gasteiger partial charge on any atom is -0.299 e. The van der Waals surface area contributed by atoms with E-state index in [1.165, 1.54) is 18.2 Å². The summed E-state index contributed by atoms with van der Waals surface area (Å²) in [7, 11) is -5.38. The molecule has 0 bridgehead atoms. The molecule has 0 atom stereocenters. The fraction of sp³-hybridized carbons (Fsp3) is 0.0625. The lowest BCUT2D eigenvalue weighted by molar-refractivity contribution is -0.104. The van der Waals surface area contributed by atoms with Crippen LogP contribution in [0.5, 0.6) is 0 Å². The number of carbonyl (C=O) groups excluding carboxylic acids is 1. The summed E-state index contributed by atoms with van der Waals surface area (Å²) in [5.74, 6) is 0. The van der Waals surface area contributed by atoms with E-state index in [9.17, 15) is 26.4 Å². The lowest BCUT2D eigenvalue weighted by Gasteiger charge is -2.10. The number of allylic oxidation sites excluding steroid dienone is 1. The largest absolute Gasteiger partial charge is 0.501 e. The van der Waals surface area contributed by atoms with Gasteiger partial charge < -0.3 is 0 Å². The first kappa shape index (κ1) is 17.0. The van der Waals surface area contributed by atoms with Crippen LogP contribution in [0.4, 0.5) is 13.2 Å². The van der Waals surface area contributed by atoms with Gasteiger partial charge in [0.1, 0.15) is 6.29 Å². The zero-order valence-electron chi connectivity index (χ0n) is 11.6. The highest BCUT2D eigenvalue weighted by Gasteiger charge is 2.46. The Morgan fingerprint density at radius 3 is 1.87 bits per heavy atom. The smallest absolute Gasteiger partial charge is 0.299 e. The van der Waals surface area contributed by atoms with Crippen molar-refractivity contribution in [3.05, 3.63) is 71.8 Å². The van der Waals surface area contributed by atoms with E-state index in [0.29, 0.717) is 23.0 Å². The van der Waals surface area contributed by atoms with E-state index in [2.05, 4.69) is 0 Å². The Hall–Kier alpha value is -2.41. The maximum Gasteiger partial charge on any atom is 0.501 e. The van der Waals surface area contributed by atoms with E-state index < -0.39 is 20.2 Å². The van der Waals surface area contributed by atoms with Gasteiger partial charge in [0.05, 0.1) is 4.90 Å². The van der Waals surface area contributed by atoms with E-state index in [0.717, 1.165) is 12.1 Å². The number of sulfone groups is 1. The Bertz CT molecular complexity index is 821. The molecule has 0 aliphatic carbocycles. The number of halogens is 3. The first-order valence-corrected chi connectivity index (χ1v) is 7.88. The summed E-state index contributed by atoms with van der Waals surface area (Å²) in [4.78, 5) is 9.96. The Balaban J connectivity index is 2.46. The van der Waals surface area contributed by atoms with Crippen LogP contribution in [0.2, 0.25) is 0 Å². The fourth-order valence-electron chi connectivity index (χ4n) is 1.99. The number of hydrogen-bond acceptors (Lipinski definition) is 3. The topological polar surface area (TPSA) is 51.2 Å². The number of carbonyl (C=O) groups is 1. The molecule has 0 fully saturated rings. The standard InChI is InChI=1S/C16H11F3O3S/c17-16(18,19)23(21,22)14-8-6-13(7-9-14)15(10-11-20)12-4-2-1-3-5-12/h1-11H/b15-10+. The van der Waals surface area contributed by atoms with Crippen LogP contribution in [-0.2, 0) is 14.6 Å². The van der Waals surface area contributed by atoms with E-state index in [1.54, 1.807) is 30.3 Å². The van der Waals surface area contributed by atoms with Crippen molar-refractivity contribution in [2.24, 2.45) is 0 Å². The average Bonchev–Trinajstić information content (AvgIpc) is 2.52. The number of alkyl halides is 3. The first-order valence-electron chi connectivity index (χ1n) is 6.40. The van der Waals surface area contributed by atoms with Gasteiger partial charge in [0.25, 0.3) is 9.84 Å². The second-order valence-corrected chi connectivity index (χ2v) is 6.50. The van der Waals surface area contributed by atoms with Crippen LogP contribution in [0, 0.1) is 0 Å². The number of aldehydes is 1. The quantitative estimate of drug-likeness (QED) is 0.631. The van der Waals surface area contributed by atoms with Crippen molar-refractivity contribution >= 4 is 21.7 Å². The maximum atomic E-state index is 12.5. The molecule has 2 rings (SSSR count). The Kier molecular flexibility index (Phi) is 4.70. The summed E-state index contributed by atoms with van der Waals surface area (Å²) in [6.07, 6.45) is 1.82. The second-order valence-electron chi connectivity index (χ2n) is 4.56. The molecule has 0 N–H and O–H groups in total. The fourth-order valence-corrected chi connectivity index (χ4v) is 2.75. The molecular weight excluding hydrogens is 329 g/mol. The number of hydrogen-bond donors (Lipinski definition) is 0. The molecule has 0 aromatic heterocycles. The molecule has 2 aromatic carbocycles. The Labute approximate surface area is 131 Å². The van der Waals surface area contributed by atoms with Gasteiger partial charge in [-0.15, -0.1) is 0 Å². The van der Waals surface area contributed by atoms with E-state index in [1.807, 2.05) is 0 Å². The van der Waals surface area contributed by atoms with E-state index >= 15 is 0 Å². The van der Waals surface area contributed by atoms with Crippen LogP contribution in [0.15, 0.2) is 65.6 Å². The highest BCUT2D eigenvalue weighted by atomic mass is 32.2. The molecule has 0 aliphatic heterocycles. The van der Waals surface area contributed by atoms with Crippen molar-refractivity contribution in [3.63, 3.8) is 0 Å². The predicted octanol–water partition coefficient (Wildman–Crippen LogP) is 3.61. The van der Waals surface area contributed by atoms with Gasteiger partial charge in [-0.05, 0) is 34.9 Å². The second kappa shape index (κ2) is 6.37. The molecule has 2 aromatic rings. The molecule has 3 nitrogen and oxygen atoms in total. The lowest BCUT2D eigenvalue weighted by atomic mass is 9.98. The molecular formula is C16H11F3O3S. The third kappa shape index (κ3) is 3.50. The third-order valence-corrected chi connectivity index (χ3v) is 4.60. The van der Waals surface area contributed by atoms with Crippen molar-refractivity contribution in [2.45, 2.75) is 10.4 Å². The van der Waals surface area contributed by atoms with Gasteiger partial charge in [0, 0.05) is 0 Å². The van der Waals surface area contributed by atoms with Gasteiger partial charge in [-0.2, -0.15) is 13.2 Å². The van der Waals surface area contributed by atoms with Crippen LogP contribution in [0.1, 0.15) is 11.1 Å². The average molecular weight is 340 g/mol. The highest BCUT2D eigenvalue weighted by Crippen LogP contribution is 2.31. The molecule has 23 heavy (non-hydrogen) atoms. The van der Waals surface area contributed by atoms with Gasteiger partial charge in [0.2, 0.25) is 0 Å². The molecule has 0 saturated heterocycles. The normalized spacial score (nSPS) is 12.9. The van der Waals surface area contributed by atoms with Crippen LogP contribution < -0.4 is 0 Å². The van der Waals surface area contributed by atoms with Crippen LogP contribution in [-0.4, -0.2) is 20.2 Å². The van der Waals surface area contributed by atoms with Crippen molar-refractivity contribution < 1.29 is 26.4 Å². The molecule has 0 unspecified atom stereocenters. The molecule has 0 heterocycles. The molecule has 0 saturated carbocycles. The predicted molar refractivity (Wildman–Crippen MR) is 79.3 cm³/mol. The minimum atomic E-state index is -5.38. The SMILES string of the molecule is O=C/C=C(\c1ccccc1)c1ccc(S(=O)(=O)C(F)(F)F)cc1. The zero-order chi connectivity index (χ0) is 17.1. The first-order chi connectivity index (χ1) is 10.8. The van der Waals surface area contributed by atoms with Crippen molar-refractivity contribution in [2.75, 3.05) is 0 Å². The van der Waals surface area contributed by atoms with E-state index in [-0.39, 0.29) is 0 Å². The van der Waals surface area contributed by atoms with Gasteiger partial charge in [0.15, 0.2) is 0 Å². The highest BCUT2D eigenvalue weighted by molar-refractivity contribution is 7.92. The minimum absolute atomic E-state index is 0.435. The molecule has 0 spiro atoms. The van der Waals surface area contributed by atoms with Crippen LogP contribution >= 0.6 is 0 Å². The number of rotatable bonds is 4. The lowest BCUT2D eigenvalue weighted by Crippen LogP contribution is -2.23. The summed E-state index contributed by atoms with van der Waals surface area (Å²) < 4.78 is 60.2. The van der Waals surface area contributed by atoms with E-state index in [4.69, 9.17) is 0 Å². The van der Waals surface area contributed by atoms with Gasteiger partial charge in [-0.25, -0.2) is 8.42 Å². The van der Waals surface area contributed by atoms with Crippen molar-refractivity contribution in [3.8, 4) is 0 Å². The molecule has 0 radical (unpaired) electrons. The molecule has 0 amide bonds. The molecule has 120 valence electrons. The van der Waals surface area contributed by atoms with Gasteiger partial charge in [-0.3, -0.25) is 4.79 Å². The number of benzene rings is 2. The summed E-state index contributed by atoms with van der Waals surface area (Å²) in [6.45, 7) is 0. The summed E-state index contributed by atoms with van der Waals surface area (Å²) in [6, 6.07) is 13.0. The Morgan fingerprint density at radius 1 is 0.870 bits per heavy atom. The summed E-state index contributed by atoms with van der Waals surface area (Å²) in [5.41, 5.74) is -3.75. The molecule has 0 aliphatic rings. The monoisotopic (exact) mass is 340 g/mol. The zero-order valence-corrected chi connectivity index (χ0v) is 12.4. The summed E-state index contributed by atoms with van der Waals surface area (Å²) in [5, 5.41) is 0. The van der Waals surface area contributed by atoms with Gasteiger partial charge >= 0.3 is 5.51 Å². The van der Waals surface area contributed by atoms with Crippen LogP contribution in [0.25, 0.3) is 5.57 Å². The molecule has 7 heteroatoms. The van der Waals surface area contributed by atoms with Crippen molar-refractivity contribution in [1.82, 2.24) is 0 Å². The van der Waals surface area contributed by atoms with Gasteiger partial charge in [-0.1, -0.05) is 42.5 Å². The Morgan fingerprint density at radius 2 is 1.39 bits per heavy atom. The maximum absolute atomic E-state index is 12.5. The summed E-state index contributed by atoms with van der Waals surface area (Å²) >= 11 is 0. The third-order valence-electron chi connectivity index (χ3n) is 3.10. The van der Waals surface area contributed by atoms with Crippen molar-refractivity contribution in [1.29, 1.82) is 0 Å². The van der Waals surface area contributed by atoms with Crippen LogP contribution in [0.3, 0.4) is 0 Å².